The van der Waals surface area contributed by atoms with Crippen LogP contribution < -0.4 is 15.2 Å². The molecule has 0 aliphatic heterocycles. The highest BCUT2D eigenvalue weighted by Gasteiger charge is 2.16. The van der Waals surface area contributed by atoms with Crippen LogP contribution >= 0.6 is 0 Å². The van der Waals surface area contributed by atoms with Crippen molar-refractivity contribution in [1.29, 1.82) is 0 Å². The largest absolute Gasteiger partial charge is 0.493 e. The Bertz CT molecular complexity index is 648. The van der Waals surface area contributed by atoms with Crippen LogP contribution in [-0.2, 0) is 0 Å². The number of rotatable bonds is 4. The zero-order chi connectivity index (χ0) is 15.6. The van der Waals surface area contributed by atoms with Crippen LogP contribution in [0.4, 0.5) is 0 Å². The lowest BCUT2D eigenvalue weighted by atomic mass is 9.96. The molecule has 1 atom stereocenters. The molecule has 0 amide bonds. The highest BCUT2D eigenvalue weighted by Crippen LogP contribution is 2.40. The number of methoxy groups -OCH3 is 2. The molecule has 0 heterocycles. The molecule has 0 spiro atoms. The van der Waals surface area contributed by atoms with Gasteiger partial charge in [-0.25, -0.2) is 0 Å². The molecule has 3 heteroatoms. The maximum atomic E-state index is 6.03. The number of hydrogen-bond acceptors (Lipinski definition) is 3. The van der Waals surface area contributed by atoms with Crippen molar-refractivity contribution in [3.05, 3.63) is 47.0 Å². The summed E-state index contributed by atoms with van der Waals surface area (Å²) in [7, 11) is 3.31. The van der Waals surface area contributed by atoms with Crippen LogP contribution in [0.25, 0.3) is 11.1 Å². The van der Waals surface area contributed by atoms with Gasteiger partial charge in [-0.1, -0.05) is 18.2 Å². The third-order valence-electron chi connectivity index (χ3n) is 3.84. The summed E-state index contributed by atoms with van der Waals surface area (Å²) in [6, 6.07) is 10.3. The molecule has 2 aromatic rings. The molecule has 3 nitrogen and oxygen atoms in total. The molecule has 0 radical (unpaired) electrons. The molecule has 0 saturated carbocycles. The molecular weight excluding hydrogens is 262 g/mol. The average molecular weight is 285 g/mol. The third-order valence-corrected chi connectivity index (χ3v) is 3.84. The Morgan fingerprint density at radius 2 is 1.67 bits per heavy atom. The van der Waals surface area contributed by atoms with Crippen molar-refractivity contribution in [2.45, 2.75) is 26.8 Å². The Kier molecular flexibility index (Phi) is 4.53. The van der Waals surface area contributed by atoms with E-state index in [0.29, 0.717) is 5.75 Å². The summed E-state index contributed by atoms with van der Waals surface area (Å²) >= 11 is 0. The minimum Gasteiger partial charge on any atom is -0.493 e. The fraction of sp³-hybridized carbons (Fsp3) is 0.333. The van der Waals surface area contributed by atoms with Gasteiger partial charge in [0.1, 0.15) is 0 Å². The Morgan fingerprint density at radius 1 is 0.952 bits per heavy atom. The van der Waals surface area contributed by atoms with Crippen LogP contribution in [0.5, 0.6) is 11.5 Å². The van der Waals surface area contributed by atoms with Crippen LogP contribution in [0, 0.1) is 13.8 Å². The molecule has 0 fully saturated rings. The van der Waals surface area contributed by atoms with Crippen molar-refractivity contribution < 1.29 is 9.47 Å². The van der Waals surface area contributed by atoms with Gasteiger partial charge in [0, 0.05) is 11.6 Å². The van der Waals surface area contributed by atoms with Crippen LogP contribution in [0.15, 0.2) is 30.3 Å². The Labute approximate surface area is 126 Å². The minimum absolute atomic E-state index is 0.0601. The highest BCUT2D eigenvalue weighted by molar-refractivity contribution is 5.75. The van der Waals surface area contributed by atoms with Crippen molar-refractivity contribution in [2.24, 2.45) is 5.73 Å². The van der Waals surface area contributed by atoms with Crippen molar-refractivity contribution in [3.63, 3.8) is 0 Å². The van der Waals surface area contributed by atoms with E-state index >= 15 is 0 Å². The fourth-order valence-corrected chi connectivity index (χ4v) is 2.37. The summed E-state index contributed by atoms with van der Waals surface area (Å²) in [6.45, 7) is 6.18. The topological polar surface area (TPSA) is 44.5 Å². The Morgan fingerprint density at radius 3 is 2.19 bits per heavy atom. The van der Waals surface area contributed by atoms with Gasteiger partial charge in [0.05, 0.1) is 14.2 Å². The smallest absolute Gasteiger partial charge is 0.168 e. The van der Waals surface area contributed by atoms with Gasteiger partial charge < -0.3 is 15.2 Å². The van der Waals surface area contributed by atoms with E-state index in [1.165, 1.54) is 11.1 Å². The second-order valence-corrected chi connectivity index (χ2v) is 5.39. The lowest BCUT2D eigenvalue weighted by Gasteiger charge is -2.17. The van der Waals surface area contributed by atoms with Crippen molar-refractivity contribution in [2.75, 3.05) is 14.2 Å². The Hall–Kier alpha value is -2.00. The summed E-state index contributed by atoms with van der Waals surface area (Å²) in [5, 5.41) is 0. The van der Waals surface area contributed by atoms with E-state index in [9.17, 15) is 0 Å². The van der Waals surface area contributed by atoms with Crippen LogP contribution in [-0.4, -0.2) is 14.2 Å². The monoisotopic (exact) mass is 285 g/mol. The fourth-order valence-electron chi connectivity index (χ4n) is 2.37. The van der Waals surface area contributed by atoms with Gasteiger partial charge in [-0.2, -0.15) is 0 Å². The molecule has 0 saturated heterocycles. The summed E-state index contributed by atoms with van der Waals surface area (Å²) in [4.78, 5) is 0. The first-order valence-corrected chi connectivity index (χ1v) is 7.07. The molecule has 112 valence electrons. The first-order valence-electron chi connectivity index (χ1n) is 7.07. The zero-order valence-electron chi connectivity index (χ0n) is 13.4. The number of nitrogens with two attached hydrogens (primary N) is 1. The first kappa shape index (κ1) is 15.4. The molecule has 2 aromatic carbocycles. The number of aryl methyl sites for hydroxylation is 2. The van der Waals surface area contributed by atoms with Gasteiger partial charge in [0.15, 0.2) is 11.5 Å². The van der Waals surface area contributed by atoms with E-state index in [1.54, 1.807) is 14.2 Å². The highest BCUT2D eigenvalue weighted by atomic mass is 16.5. The van der Waals surface area contributed by atoms with E-state index in [-0.39, 0.29) is 6.04 Å². The zero-order valence-corrected chi connectivity index (χ0v) is 13.4. The maximum absolute atomic E-state index is 6.03. The molecule has 2 N–H and O–H groups in total. The first-order chi connectivity index (χ1) is 9.97. The van der Waals surface area contributed by atoms with Gasteiger partial charge in [0.2, 0.25) is 0 Å². The summed E-state index contributed by atoms with van der Waals surface area (Å²) in [5.41, 5.74) is 11.7. The van der Waals surface area contributed by atoms with Gasteiger partial charge in [-0.15, -0.1) is 0 Å². The SMILES string of the molecule is COc1cc(C(C)N)cc(-c2ccc(C)c(C)c2)c1OC. The Balaban J connectivity index is 2.69. The van der Waals surface area contributed by atoms with Crippen LogP contribution in [0.1, 0.15) is 29.7 Å². The average Bonchev–Trinajstić information content (AvgIpc) is 2.48. The molecule has 21 heavy (non-hydrogen) atoms. The number of ether oxygens (including phenoxy) is 2. The molecule has 0 aliphatic rings. The summed E-state index contributed by atoms with van der Waals surface area (Å²) in [5.74, 6) is 1.45. The molecule has 1 unspecified atom stereocenters. The minimum atomic E-state index is -0.0601. The van der Waals surface area contributed by atoms with Crippen LogP contribution in [0.3, 0.4) is 0 Å². The van der Waals surface area contributed by atoms with Crippen molar-refractivity contribution >= 4 is 0 Å². The van der Waals surface area contributed by atoms with E-state index in [0.717, 1.165) is 22.4 Å². The van der Waals surface area contributed by atoms with Crippen molar-refractivity contribution in [3.8, 4) is 22.6 Å². The quantitative estimate of drug-likeness (QED) is 0.923. The van der Waals surface area contributed by atoms with E-state index in [2.05, 4.69) is 38.1 Å². The van der Waals surface area contributed by atoms with E-state index in [4.69, 9.17) is 15.2 Å². The predicted octanol–water partition coefficient (Wildman–Crippen LogP) is 4.01. The van der Waals surface area contributed by atoms with E-state index in [1.807, 2.05) is 13.0 Å². The van der Waals surface area contributed by atoms with Gasteiger partial charge in [-0.3, -0.25) is 0 Å². The van der Waals surface area contributed by atoms with Gasteiger partial charge >= 0.3 is 0 Å². The van der Waals surface area contributed by atoms with Crippen molar-refractivity contribution in [1.82, 2.24) is 0 Å². The molecular formula is C18H23NO2. The number of benzene rings is 2. The van der Waals surface area contributed by atoms with Gasteiger partial charge in [-0.05, 0) is 55.2 Å². The molecule has 0 aliphatic carbocycles. The number of hydrogen-bond donors (Lipinski definition) is 1. The summed E-state index contributed by atoms with van der Waals surface area (Å²) in [6.07, 6.45) is 0. The standard InChI is InChI=1S/C18H23NO2/c1-11-6-7-14(8-12(11)2)16-9-15(13(3)19)10-17(20-4)18(16)21-5/h6-10,13H,19H2,1-5H3. The third kappa shape index (κ3) is 3.03. The second-order valence-electron chi connectivity index (χ2n) is 5.39. The summed E-state index contributed by atoms with van der Waals surface area (Å²) < 4.78 is 11.0. The predicted molar refractivity (Wildman–Crippen MR) is 87.1 cm³/mol. The maximum Gasteiger partial charge on any atom is 0.168 e. The molecule has 2 rings (SSSR count). The second kappa shape index (κ2) is 6.19. The van der Waals surface area contributed by atoms with Gasteiger partial charge in [0.25, 0.3) is 0 Å². The molecule has 0 aromatic heterocycles. The van der Waals surface area contributed by atoms with E-state index < -0.39 is 0 Å². The normalized spacial score (nSPS) is 12.1. The lowest BCUT2D eigenvalue weighted by Crippen LogP contribution is -2.06. The van der Waals surface area contributed by atoms with Crippen LogP contribution in [0.2, 0.25) is 0 Å². The lowest BCUT2D eigenvalue weighted by molar-refractivity contribution is 0.355. The molecule has 0 bridgehead atoms.